The largest absolute Gasteiger partial charge is 0.383 e. The van der Waals surface area contributed by atoms with Gasteiger partial charge in [-0.3, -0.25) is 4.68 Å². The van der Waals surface area contributed by atoms with Crippen LogP contribution in [0.5, 0.6) is 0 Å². The maximum Gasteiger partial charge on any atom is 0.0658 e. The Hall–Kier alpha value is -0.390. The molecule has 1 N–H and O–H groups in total. The van der Waals surface area contributed by atoms with Gasteiger partial charge in [0, 0.05) is 19.1 Å². The first kappa shape index (κ1) is 15.0. The van der Waals surface area contributed by atoms with Crippen molar-refractivity contribution in [3.63, 3.8) is 0 Å². The fourth-order valence-corrected chi connectivity index (χ4v) is 3.65. The highest BCUT2D eigenvalue weighted by Gasteiger charge is 2.30. The van der Waals surface area contributed by atoms with E-state index in [0.717, 1.165) is 17.6 Å². The molecule has 0 radical (unpaired) electrons. The van der Waals surface area contributed by atoms with Crippen LogP contribution in [0.25, 0.3) is 0 Å². The topological polar surface area (TPSA) is 39.1 Å². The summed E-state index contributed by atoms with van der Waals surface area (Å²) in [5, 5.41) is 8.13. The van der Waals surface area contributed by atoms with Crippen LogP contribution in [-0.2, 0) is 11.3 Å². The van der Waals surface area contributed by atoms with E-state index in [-0.39, 0.29) is 0 Å². The zero-order valence-corrected chi connectivity index (χ0v) is 13.4. The van der Waals surface area contributed by atoms with Gasteiger partial charge in [-0.15, -0.1) is 0 Å². The molecule has 1 heterocycles. The number of nitrogens with one attached hydrogen (secondary N) is 1. The molecule has 108 valence electrons. The highest BCUT2D eigenvalue weighted by Crippen LogP contribution is 2.36. The summed E-state index contributed by atoms with van der Waals surface area (Å²) in [5.74, 6) is 0.558. The van der Waals surface area contributed by atoms with Crippen molar-refractivity contribution in [2.24, 2.45) is 0 Å². The molecule has 0 aromatic carbocycles. The third-order valence-corrected chi connectivity index (χ3v) is 4.53. The molecule has 0 aliphatic heterocycles. The van der Waals surface area contributed by atoms with Gasteiger partial charge in [-0.1, -0.05) is 19.8 Å². The Labute approximate surface area is 124 Å². The van der Waals surface area contributed by atoms with E-state index in [1.165, 1.54) is 31.4 Å². The van der Waals surface area contributed by atoms with Crippen LogP contribution in [0.4, 0.5) is 0 Å². The number of nitrogens with zero attached hydrogens (tertiary/aromatic N) is 2. The lowest BCUT2D eigenvalue weighted by Crippen LogP contribution is -2.38. The summed E-state index contributed by atoms with van der Waals surface area (Å²) < 4.78 is 8.42. The molecule has 0 amide bonds. The first-order valence-corrected chi connectivity index (χ1v) is 8.00. The lowest BCUT2D eigenvalue weighted by molar-refractivity contribution is 0.180. The van der Waals surface area contributed by atoms with Crippen molar-refractivity contribution in [2.45, 2.75) is 51.1 Å². The zero-order chi connectivity index (χ0) is 13.7. The van der Waals surface area contributed by atoms with Crippen LogP contribution in [0, 0.1) is 0 Å². The molecular formula is C14H24BrN3O. The average Bonchev–Trinajstić information content (AvgIpc) is 2.79. The molecule has 0 bridgehead atoms. The second-order valence-corrected chi connectivity index (χ2v) is 6.00. The third kappa shape index (κ3) is 3.58. The molecule has 5 heteroatoms. The highest BCUT2D eigenvalue weighted by atomic mass is 79.9. The van der Waals surface area contributed by atoms with E-state index in [0.29, 0.717) is 18.6 Å². The predicted molar refractivity (Wildman–Crippen MR) is 80.5 cm³/mol. The molecule has 0 saturated heterocycles. The van der Waals surface area contributed by atoms with Crippen LogP contribution in [-0.4, -0.2) is 36.1 Å². The van der Waals surface area contributed by atoms with Crippen LogP contribution in [0.1, 0.15) is 44.2 Å². The van der Waals surface area contributed by atoms with Crippen molar-refractivity contribution in [1.82, 2.24) is 15.1 Å². The van der Waals surface area contributed by atoms with Crippen molar-refractivity contribution in [3.8, 4) is 0 Å². The average molecular weight is 330 g/mol. The van der Waals surface area contributed by atoms with E-state index in [1.54, 1.807) is 7.11 Å². The van der Waals surface area contributed by atoms with Gasteiger partial charge in [0.25, 0.3) is 0 Å². The lowest BCUT2D eigenvalue weighted by atomic mass is 9.82. The van der Waals surface area contributed by atoms with E-state index in [1.807, 2.05) is 6.20 Å². The van der Waals surface area contributed by atoms with Gasteiger partial charge in [-0.05, 0) is 35.3 Å². The minimum Gasteiger partial charge on any atom is -0.383 e. The monoisotopic (exact) mass is 329 g/mol. The quantitative estimate of drug-likeness (QED) is 0.872. The van der Waals surface area contributed by atoms with Gasteiger partial charge in [0.1, 0.15) is 0 Å². The highest BCUT2D eigenvalue weighted by molar-refractivity contribution is 9.10. The van der Waals surface area contributed by atoms with Gasteiger partial charge < -0.3 is 10.1 Å². The molecule has 2 unspecified atom stereocenters. The van der Waals surface area contributed by atoms with Gasteiger partial charge in [0.15, 0.2) is 0 Å². The molecule has 1 aliphatic rings. The molecule has 19 heavy (non-hydrogen) atoms. The van der Waals surface area contributed by atoms with Crippen LogP contribution in [0.15, 0.2) is 10.7 Å². The molecule has 4 nitrogen and oxygen atoms in total. The van der Waals surface area contributed by atoms with Crippen molar-refractivity contribution in [2.75, 3.05) is 20.3 Å². The minimum atomic E-state index is 0.558. The molecular weight excluding hydrogens is 306 g/mol. The van der Waals surface area contributed by atoms with Crippen LogP contribution in [0.3, 0.4) is 0 Å². The molecule has 2 rings (SSSR count). The number of methoxy groups -OCH3 is 1. The predicted octanol–water partition coefficient (Wildman–Crippen LogP) is 2.93. The second-order valence-electron chi connectivity index (χ2n) is 5.15. The Kier molecular flexibility index (Phi) is 5.85. The Morgan fingerprint density at radius 3 is 3.00 bits per heavy atom. The molecule has 2 atom stereocenters. The maximum absolute atomic E-state index is 5.18. The summed E-state index contributed by atoms with van der Waals surface area (Å²) in [6, 6.07) is 0.577. The summed E-state index contributed by atoms with van der Waals surface area (Å²) in [7, 11) is 1.74. The number of likely N-dealkylation sites (N-methyl/N-ethyl adjacent to an activating group) is 1. The summed E-state index contributed by atoms with van der Waals surface area (Å²) >= 11 is 3.67. The van der Waals surface area contributed by atoms with Crippen molar-refractivity contribution in [1.29, 1.82) is 0 Å². The smallest absolute Gasteiger partial charge is 0.0658 e. The SMILES string of the molecule is CCNC1CCCCC1c1c(Br)cnn1CCOC. The number of aromatic nitrogens is 2. The van der Waals surface area contributed by atoms with Crippen LogP contribution in [0.2, 0.25) is 0 Å². The van der Waals surface area contributed by atoms with E-state index in [2.05, 4.69) is 38.0 Å². The van der Waals surface area contributed by atoms with Gasteiger partial charge >= 0.3 is 0 Å². The van der Waals surface area contributed by atoms with Crippen LogP contribution >= 0.6 is 15.9 Å². The van der Waals surface area contributed by atoms with Crippen molar-refractivity contribution in [3.05, 3.63) is 16.4 Å². The summed E-state index contributed by atoms with van der Waals surface area (Å²) in [5.41, 5.74) is 1.34. The fourth-order valence-electron chi connectivity index (χ4n) is 3.06. The molecule has 1 aromatic rings. The van der Waals surface area contributed by atoms with Gasteiger partial charge in [0.05, 0.1) is 29.5 Å². The number of ether oxygens (including phenoxy) is 1. The summed E-state index contributed by atoms with van der Waals surface area (Å²) in [6.45, 7) is 4.75. The standard InChI is InChI=1S/C14H24BrN3O/c1-3-16-13-7-5-4-6-11(13)14-12(15)10-17-18(14)8-9-19-2/h10-11,13,16H,3-9H2,1-2H3. The zero-order valence-electron chi connectivity index (χ0n) is 11.9. The number of halogens is 1. The van der Waals surface area contributed by atoms with Crippen LogP contribution < -0.4 is 5.32 Å². The van der Waals surface area contributed by atoms with Gasteiger partial charge in [0.2, 0.25) is 0 Å². The minimum absolute atomic E-state index is 0.558. The van der Waals surface area contributed by atoms with Gasteiger partial charge in [-0.25, -0.2) is 0 Å². The first-order valence-electron chi connectivity index (χ1n) is 7.21. The molecule has 1 fully saturated rings. The molecule has 1 saturated carbocycles. The molecule has 1 aliphatic carbocycles. The lowest BCUT2D eigenvalue weighted by Gasteiger charge is -2.33. The summed E-state index contributed by atoms with van der Waals surface area (Å²) in [4.78, 5) is 0. The van der Waals surface area contributed by atoms with Crippen molar-refractivity contribution < 1.29 is 4.74 Å². The Balaban J connectivity index is 2.19. The normalized spacial score (nSPS) is 23.7. The maximum atomic E-state index is 5.18. The Morgan fingerprint density at radius 1 is 1.47 bits per heavy atom. The number of hydrogen-bond donors (Lipinski definition) is 1. The Morgan fingerprint density at radius 2 is 2.26 bits per heavy atom. The van der Waals surface area contributed by atoms with E-state index in [4.69, 9.17) is 4.74 Å². The Bertz CT molecular complexity index is 392. The number of rotatable bonds is 6. The summed E-state index contributed by atoms with van der Waals surface area (Å²) in [6.07, 6.45) is 7.07. The first-order chi connectivity index (χ1) is 9.27. The van der Waals surface area contributed by atoms with Gasteiger partial charge in [-0.2, -0.15) is 5.10 Å². The van der Waals surface area contributed by atoms with E-state index < -0.39 is 0 Å². The van der Waals surface area contributed by atoms with E-state index >= 15 is 0 Å². The molecule has 0 spiro atoms. The van der Waals surface area contributed by atoms with Crippen molar-refractivity contribution >= 4 is 15.9 Å². The third-order valence-electron chi connectivity index (χ3n) is 3.92. The van der Waals surface area contributed by atoms with E-state index in [9.17, 15) is 0 Å². The fraction of sp³-hybridized carbons (Fsp3) is 0.786. The number of hydrogen-bond acceptors (Lipinski definition) is 3. The second kappa shape index (κ2) is 7.41. The molecule has 1 aromatic heterocycles.